The molecule has 0 aliphatic heterocycles. The lowest BCUT2D eigenvalue weighted by Gasteiger charge is -2.14. The van der Waals surface area contributed by atoms with Crippen LogP contribution in [0.25, 0.3) is 0 Å². The summed E-state index contributed by atoms with van der Waals surface area (Å²) in [4.78, 5) is 20.8. The van der Waals surface area contributed by atoms with Crippen molar-refractivity contribution < 1.29 is 14.7 Å². The van der Waals surface area contributed by atoms with Crippen molar-refractivity contribution in [1.82, 2.24) is 5.32 Å². The minimum atomic E-state index is -1.12. The second-order valence-corrected chi connectivity index (χ2v) is 2.88. The first-order valence-corrected chi connectivity index (χ1v) is 3.52. The summed E-state index contributed by atoms with van der Waals surface area (Å²) in [6.07, 6.45) is 0. The topological polar surface area (TPSA) is 66.4 Å². The van der Waals surface area contributed by atoms with E-state index in [0.717, 1.165) is 0 Å². The molecule has 2 unspecified atom stereocenters. The first-order chi connectivity index (χ1) is 4.95. The minimum absolute atomic E-state index is 0.398. The molecule has 0 aromatic heterocycles. The predicted octanol–water partition coefficient (Wildman–Crippen LogP) is 0.203. The van der Waals surface area contributed by atoms with E-state index in [1.807, 2.05) is 0 Å². The molecule has 0 fully saturated rings. The number of carbonyl (C=O) groups is 2. The van der Waals surface area contributed by atoms with E-state index in [0.29, 0.717) is 0 Å². The van der Waals surface area contributed by atoms with Gasteiger partial charge in [0.1, 0.15) is 6.04 Å². The quantitative estimate of drug-likeness (QED) is 0.609. The van der Waals surface area contributed by atoms with E-state index < -0.39 is 23.3 Å². The predicted molar refractivity (Wildman–Crippen MR) is 40.6 cm³/mol. The summed E-state index contributed by atoms with van der Waals surface area (Å²) in [5.74, 6) is -1.52. The number of amides is 1. The molecule has 0 radical (unpaired) electrons. The van der Waals surface area contributed by atoms with Gasteiger partial charge in [0.15, 0.2) is 0 Å². The van der Waals surface area contributed by atoms with Gasteiger partial charge in [0, 0.05) is 6.92 Å². The van der Waals surface area contributed by atoms with Crippen LogP contribution in [-0.2, 0) is 9.59 Å². The van der Waals surface area contributed by atoms with Crippen molar-refractivity contribution >= 4 is 23.5 Å². The van der Waals surface area contributed by atoms with E-state index in [1.165, 1.54) is 13.8 Å². The van der Waals surface area contributed by atoms with Gasteiger partial charge in [-0.05, 0) is 6.92 Å². The fourth-order valence-corrected chi connectivity index (χ4v) is 0.763. The molecular weight excluding hydrogens is 170 g/mol. The van der Waals surface area contributed by atoms with Crippen molar-refractivity contribution in [2.75, 3.05) is 0 Å². The molecule has 5 heteroatoms. The molecule has 0 saturated carbocycles. The van der Waals surface area contributed by atoms with Crippen LogP contribution in [0.2, 0.25) is 0 Å². The van der Waals surface area contributed by atoms with Gasteiger partial charge in [0.25, 0.3) is 0 Å². The van der Waals surface area contributed by atoms with E-state index in [4.69, 9.17) is 16.7 Å². The maximum absolute atomic E-state index is 10.4. The van der Waals surface area contributed by atoms with Gasteiger partial charge < -0.3 is 10.4 Å². The lowest BCUT2D eigenvalue weighted by molar-refractivity contribution is -0.141. The first kappa shape index (κ1) is 10.2. The molecule has 0 aliphatic rings. The molecule has 11 heavy (non-hydrogen) atoms. The molecule has 2 N–H and O–H groups in total. The maximum atomic E-state index is 10.4. The van der Waals surface area contributed by atoms with Crippen LogP contribution in [0.5, 0.6) is 0 Å². The van der Waals surface area contributed by atoms with Crippen molar-refractivity contribution in [2.45, 2.75) is 25.3 Å². The molecule has 2 atom stereocenters. The normalized spacial score (nSPS) is 15.2. The average Bonchev–Trinajstić information content (AvgIpc) is 1.81. The Kier molecular flexibility index (Phi) is 3.89. The maximum Gasteiger partial charge on any atom is 0.327 e. The zero-order valence-corrected chi connectivity index (χ0v) is 7.05. The Bertz CT molecular complexity index is 169. The van der Waals surface area contributed by atoms with Crippen LogP contribution < -0.4 is 5.32 Å². The number of aliphatic carboxylic acids is 1. The van der Waals surface area contributed by atoms with Gasteiger partial charge in [-0.2, -0.15) is 0 Å². The zero-order valence-electron chi connectivity index (χ0n) is 6.30. The van der Waals surface area contributed by atoms with E-state index in [1.54, 1.807) is 0 Å². The number of carbonyl (C=O) groups excluding carboxylic acids is 1. The summed E-state index contributed by atoms with van der Waals surface area (Å²) in [6, 6.07) is -1.01. The number of hydrogen-bond acceptors (Lipinski definition) is 2. The molecule has 0 aliphatic carbocycles. The molecule has 0 aromatic carbocycles. The fraction of sp³-hybridized carbons (Fsp3) is 0.667. The number of hydrogen-bond donors (Lipinski definition) is 2. The Morgan fingerprint density at radius 3 is 2.09 bits per heavy atom. The van der Waals surface area contributed by atoms with Gasteiger partial charge in [-0.3, -0.25) is 4.79 Å². The van der Waals surface area contributed by atoms with Crippen LogP contribution in [0.1, 0.15) is 13.8 Å². The molecule has 64 valence electrons. The lowest BCUT2D eigenvalue weighted by atomic mass is 10.2. The SMILES string of the molecule is CC(=O)NC(C(=O)O)C(C)Cl. The van der Waals surface area contributed by atoms with Gasteiger partial charge in [0.05, 0.1) is 5.38 Å². The highest BCUT2D eigenvalue weighted by atomic mass is 35.5. The van der Waals surface area contributed by atoms with Gasteiger partial charge in [-0.1, -0.05) is 0 Å². The van der Waals surface area contributed by atoms with Crippen molar-refractivity contribution in [2.24, 2.45) is 0 Å². The summed E-state index contributed by atoms with van der Waals surface area (Å²) in [5, 5.41) is 10.1. The van der Waals surface area contributed by atoms with E-state index in [2.05, 4.69) is 5.32 Å². The fourth-order valence-electron chi connectivity index (χ4n) is 0.592. The van der Waals surface area contributed by atoms with Crippen LogP contribution >= 0.6 is 11.6 Å². The standard InChI is InChI=1S/C6H10ClNO3/c1-3(7)5(6(10)11)8-4(2)9/h3,5H,1-2H3,(H,8,9)(H,10,11). The Hall–Kier alpha value is -0.770. The zero-order chi connectivity index (χ0) is 9.02. The van der Waals surface area contributed by atoms with Crippen molar-refractivity contribution in [3.8, 4) is 0 Å². The van der Waals surface area contributed by atoms with E-state index in [9.17, 15) is 9.59 Å². The van der Waals surface area contributed by atoms with E-state index in [-0.39, 0.29) is 0 Å². The molecule has 0 bridgehead atoms. The summed E-state index contributed by atoms with van der Waals surface area (Å²) in [7, 11) is 0. The Labute approximate surface area is 69.5 Å². The van der Waals surface area contributed by atoms with Gasteiger partial charge in [0.2, 0.25) is 5.91 Å². The second-order valence-electron chi connectivity index (χ2n) is 2.19. The van der Waals surface area contributed by atoms with Crippen LogP contribution in [0.3, 0.4) is 0 Å². The Morgan fingerprint density at radius 1 is 1.55 bits per heavy atom. The highest BCUT2D eigenvalue weighted by Crippen LogP contribution is 2.01. The number of halogens is 1. The summed E-state index contributed by atoms with van der Waals surface area (Å²) < 4.78 is 0. The van der Waals surface area contributed by atoms with Crippen LogP contribution in [0.15, 0.2) is 0 Å². The smallest absolute Gasteiger partial charge is 0.327 e. The average molecular weight is 180 g/mol. The molecule has 0 rings (SSSR count). The molecule has 0 saturated heterocycles. The monoisotopic (exact) mass is 179 g/mol. The van der Waals surface area contributed by atoms with Crippen molar-refractivity contribution in [3.63, 3.8) is 0 Å². The highest BCUT2D eigenvalue weighted by Gasteiger charge is 2.23. The van der Waals surface area contributed by atoms with Crippen LogP contribution in [-0.4, -0.2) is 28.4 Å². The third-order valence-corrected chi connectivity index (χ3v) is 1.34. The van der Waals surface area contributed by atoms with Gasteiger partial charge in [-0.25, -0.2) is 4.79 Å². The molecule has 4 nitrogen and oxygen atoms in total. The minimum Gasteiger partial charge on any atom is -0.480 e. The summed E-state index contributed by atoms with van der Waals surface area (Å²) in [6.45, 7) is 2.76. The number of nitrogens with one attached hydrogen (secondary N) is 1. The molecule has 0 heterocycles. The van der Waals surface area contributed by atoms with Crippen molar-refractivity contribution in [3.05, 3.63) is 0 Å². The van der Waals surface area contributed by atoms with Crippen LogP contribution in [0.4, 0.5) is 0 Å². The summed E-state index contributed by atoms with van der Waals surface area (Å²) in [5.41, 5.74) is 0. The highest BCUT2D eigenvalue weighted by molar-refractivity contribution is 6.22. The number of alkyl halides is 1. The molecule has 0 spiro atoms. The van der Waals surface area contributed by atoms with E-state index >= 15 is 0 Å². The molecule has 0 aromatic rings. The van der Waals surface area contributed by atoms with Crippen LogP contribution in [0, 0.1) is 0 Å². The van der Waals surface area contributed by atoms with Gasteiger partial charge >= 0.3 is 5.97 Å². The Balaban J connectivity index is 4.12. The third kappa shape index (κ3) is 3.83. The second kappa shape index (κ2) is 4.18. The number of carboxylic acids is 1. The van der Waals surface area contributed by atoms with Crippen molar-refractivity contribution in [1.29, 1.82) is 0 Å². The van der Waals surface area contributed by atoms with Gasteiger partial charge in [-0.15, -0.1) is 11.6 Å². The first-order valence-electron chi connectivity index (χ1n) is 3.09. The lowest BCUT2D eigenvalue weighted by Crippen LogP contribution is -2.44. The third-order valence-electron chi connectivity index (χ3n) is 1.08. The Morgan fingerprint density at radius 2 is 2.00 bits per heavy atom. The number of rotatable bonds is 3. The largest absolute Gasteiger partial charge is 0.480 e. The molecular formula is C6H10ClNO3. The molecule has 1 amide bonds. The number of carboxylic acid groups (broad SMARTS) is 1. The summed E-state index contributed by atoms with van der Waals surface area (Å²) >= 11 is 5.49.